The lowest BCUT2D eigenvalue weighted by Gasteiger charge is -2.56. The molecule has 7 nitrogen and oxygen atoms in total. The lowest BCUT2D eigenvalue weighted by molar-refractivity contribution is -0.124. The fraction of sp³-hybridized carbons (Fsp3) is 0.711. The van der Waals surface area contributed by atoms with Crippen molar-refractivity contribution in [2.75, 3.05) is 18.5 Å². The van der Waals surface area contributed by atoms with E-state index >= 15 is 0 Å². The van der Waals surface area contributed by atoms with Gasteiger partial charge in [0.25, 0.3) is 0 Å². The molecular formula is C38H59N3O4Si. The molecule has 46 heavy (non-hydrogen) atoms. The summed E-state index contributed by atoms with van der Waals surface area (Å²) in [6.07, 6.45) is 9.41. The van der Waals surface area contributed by atoms with Crippen molar-refractivity contribution in [2.24, 2.45) is 23.2 Å². The van der Waals surface area contributed by atoms with Gasteiger partial charge in [-0.2, -0.15) is 0 Å². The first-order valence-electron chi connectivity index (χ1n) is 17.7. The van der Waals surface area contributed by atoms with Crippen molar-refractivity contribution in [1.29, 1.82) is 0 Å². The number of rotatable bonds is 11. The van der Waals surface area contributed by atoms with Gasteiger partial charge in [-0.05, 0) is 145 Å². The van der Waals surface area contributed by atoms with Gasteiger partial charge in [-0.1, -0.05) is 26.8 Å². The number of benzene rings is 1. The zero-order chi connectivity index (χ0) is 33.5. The Bertz CT molecular complexity index is 1370. The molecule has 6 rings (SSSR count). The number of fused-ring (bicyclic) bond motifs is 1. The second-order valence-corrected chi connectivity index (χ2v) is 22.3. The number of hydrogen-bond acceptors (Lipinski definition) is 5. The van der Waals surface area contributed by atoms with E-state index in [9.17, 15) is 9.59 Å². The highest BCUT2D eigenvalue weighted by Crippen LogP contribution is 2.61. The lowest BCUT2D eigenvalue weighted by atomic mass is 9.49. The second kappa shape index (κ2) is 13.2. The molecule has 1 N–H and O–H groups in total. The Kier molecular flexibility index (Phi) is 10.0. The van der Waals surface area contributed by atoms with Crippen LogP contribution in [0.5, 0.6) is 0 Å². The number of aromatic nitrogens is 1. The van der Waals surface area contributed by atoms with Crippen LogP contribution >= 0.6 is 0 Å². The summed E-state index contributed by atoms with van der Waals surface area (Å²) in [4.78, 5) is 33.4. The van der Waals surface area contributed by atoms with Crippen LogP contribution in [0.1, 0.15) is 106 Å². The van der Waals surface area contributed by atoms with E-state index in [2.05, 4.69) is 51.3 Å². The van der Waals surface area contributed by atoms with Gasteiger partial charge in [0.2, 0.25) is 5.91 Å². The average Bonchev–Trinajstić information content (AvgIpc) is 2.92. The quantitative estimate of drug-likeness (QED) is 0.245. The van der Waals surface area contributed by atoms with Crippen LogP contribution in [-0.2, 0) is 20.4 Å². The fourth-order valence-corrected chi connectivity index (χ4v) is 9.50. The van der Waals surface area contributed by atoms with Crippen LogP contribution in [0.25, 0.3) is 10.9 Å². The Labute approximate surface area is 278 Å². The maximum atomic E-state index is 13.4. The van der Waals surface area contributed by atoms with Crippen molar-refractivity contribution in [1.82, 2.24) is 9.88 Å². The number of amides is 2. The van der Waals surface area contributed by atoms with Crippen molar-refractivity contribution in [2.45, 2.75) is 136 Å². The SMILES string of the molecule is C[C@H](CO[Si](C)(C)C(C)(C)C)OC(=O)N(CCCc1ccc2c(NC(=O)CC34CC5CC(CC(C5)C3)C4)cccc2n1)C(C)(C)C. The van der Waals surface area contributed by atoms with Gasteiger partial charge in [0.1, 0.15) is 6.10 Å². The molecule has 4 fully saturated rings. The Morgan fingerprint density at radius 2 is 1.63 bits per heavy atom. The number of carbonyl (C=O) groups is 2. The smallest absolute Gasteiger partial charge is 0.410 e. The molecule has 254 valence electrons. The zero-order valence-electron chi connectivity index (χ0n) is 30.0. The summed E-state index contributed by atoms with van der Waals surface area (Å²) < 4.78 is 12.2. The summed E-state index contributed by atoms with van der Waals surface area (Å²) in [5.41, 5.74) is 2.55. The van der Waals surface area contributed by atoms with Crippen molar-refractivity contribution < 1.29 is 18.8 Å². The number of nitrogens with one attached hydrogen (secondary N) is 1. The highest BCUT2D eigenvalue weighted by molar-refractivity contribution is 6.74. The maximum absolute atomic E-state index is 13.4. The molecule has 8 heteroatoms. The van der Waals surface area contributed by atoms with Crippen LogP contribution < -0.4 is 5.32 Å². The largest absolute Gasteiger partial charge is 0.444 e. The van der Waals surface area contributed by atoms with Gasteiger partial charge in [0, 0.05) is 29.6 Å². The standard InChI is InChI=1S/C38H59N3O4Si/c1-26(25-44-46(8,9)37(5,6)7)45-35(43)41(36(2,3)4)17-11-12-30-15-16-31-32(39-30)13-10-14-33(31)40-34(42)24-38-21-27-18-28(22-38)20-29(19-27)23-38/h10,13-16,26-29H,11-12,17-25H2,1-9H3,(H,40,42)/t26-,27?,28?,29?,38?/m1/s1. The summed E-state index contributed by atoms with van der Waals surface area (Å²) in [6.45, 7) is 20.1. The minimum absolute atomic E-state index is 0.105. The van der Waals surface area contributed by atoms with Crippen molar-refractivity contribution in [3.05, 3.63) is 36.0 Å². The zero-order valence-corrected chi connectivity index (χ0v) is 31.0. The van der Waals surface area contributed by atoms with E-state index in [1.165, 1.54) is 38.5 Å². The van der Waals surface area contributed by atoms with Crippen LogP contribution in [0.15, 0.2) is 30.3 Å². The Morgan fingerprint density at radius 3 is 2.22 bits per heavy atom. The van der Waals surface area contributed by atoms with Crippen LogP contribution in [0.3, 0.4) is 0 Å². The number of nitrogens with zero attached hydrogens (tertiary/aromatic N) is 2. The van der Waals surface area contributed by atoms with Crippen molar-refractivity contribution in [3.63, 3.8) is 0 Å². The van der Waals surface area contributed by atoms with Crippen LogP contribution in [0.2, 0.25) is 18.1 Å². The molecule has 0 radical (unpaired) electrons. The van der Waals surface area contributed by atoms with E-state index in [1.807, 2.05) is 50.8 Å². The molecule has 0 aliphatic heterocycles. The summed E-state index contributed by atoms with van der Waals surface area (Å²) in [6, 6.07) is 10.1. The number of carbonyl (C=O) groups excluding carboxylic acids is 2. The highest BCUT2D eigenvalue weighted by Gasteiger charge is 2.51. The highest BCUT2D eigenvalue weighted by atomic mass is 28.4. The summed E-state index contributed by atoms with van der Waals surface area (Å²) >= 11 is 0. The van der Waals surface area contributed by atoms with E-state index in [0.29, 0.717) is 19.6 Å². The lowest BCUT2D eigenvalue weighted by Crippen LogP contribution is -2.48. The monoisotopic (exact) mass is 649 g/mol. The Balaban J connectivity index is 1.15. The molecule has 1 aromatic heterocycles. The van der Waals surface area contributed by atoms with E-state index in [0.717, 1.165) is 52.9 Å². The third kappa shape index (κ3) is 8.15. The first kappa shape index (κ1) is 34.9. The third-order valence-corrected chi connectivity index (χ3v) is 15.9. The van der Waals surface area contributed by atoms with E-state index in [4.69, 9.17) is 14.1 Å². The van der Waals surface area contributed by atoms with Gasteiger partial charge in [-0.25, -0.2) is 4.79 Å². The molecule has 1 atom stereocenters. The molecule has 4 saturated carbocycles. The van der Waals surface area contributed by atoms with Crippen LogP contribution in [-0.4, -0.2) is 55.0 Å². The van der Waals surface area contributed by atoms with Gasteiger partial charge in [0.15, 0.2) is 8.32 Å². The van der Waals surface area contributed by atoms with E-state index in [1.54, 1.807) is 0 Å². The molecule has 4 bridgehead atoms. The minimum atomic E-state index is -1.92. The Hall–Kier alpha value is -2.45. The first-order valence-corrected chi connectivity index (χ1v) is 20.6. The van der Waals surface area contributed by atoms with E-state index < -0.39 is 8.32 Å². The third-order valence-electron chi connectivity index (χ3n) is 11.4. The molecule has 2 aromatic rings. The normalized spacial score (nSPS) is 25.0. The maximum Gasteiger partial charge on any atom is 0.410 e. The predicted octanol–water partition coefficient (Wildman–Crippen LogP) is 9.36. The summed E-state index contributed by atoms with van der Waals surface area (Å²) in [5.74, 6) is 2.68. The van der Waals surface area contributed by atoms with Gasteiger partial charge in [-0.3, -0.25) is 9.78 Å². The van der Waals surface area contributed by atoms with Gasteiger partial charge in [-0.15, -0.1) is 0 Å². The molecule has 4 aliphatic rings. The summed E-state index contributed by atoms with van der Waals surface area (Å²) in [7, 11) is -1.92. The molecule has 4 aliphatic carbocycles. The molecule has 0 saturated heterocycles. The summed E-state index contributed by atoms with van der Waals surface area (Å²) in [5, 5.41) is 4.34. The van der Waals surface area contributed by atoms with Crippen molar-refractivity contribution in [3.8, 4) is 0 Å². The fourth-order valence-electron chi connectivity index (χ4n) is 8.42. The van der Waals surface area contributed by atoms with Gasteiger partial charge < -0.3 is 19.4 Å². The Morgan fingerprint density at radius 1 is 1.00 bits per heavy atom. The van der Waals surface area contributed by atoms with Gasteiger partial charge >= 0.3 is 6.09 Å². The second-order valence-electron chi connectivity index (χ2n) is 17.5. The molecule has 0 unspecified atom stereocenters. The van der Waals surface area contributed by atoms with Gasteiger partial charge in [0.05, 0.1) is 17.8 Å². The molecule has 1 heterocycles. The molecule has 1 aromatic carbocycles. The molecule has 2 amide bonds. The molecular weight excluding hydrogens is 591 g/mol. The molecule has 0 spiro atoms. The minimum Gasteiger partial charge on any atom is -0.444 e. The number of ether oxygens (including phenoxy) is 1. The topological polar surface area (TPSA) is 80.8 Å². The average molecular weight is 650 g/mol. The number of hydrogen-bond donors (Lipinski definition) is 1. The van der Waals surface area contributed by atoms with Crippen LogP contribution in [0.4, 0.5) is 10.5 Å². The first-order chi connectivity index (χ1) is 21.4. The predicted molar refractivity (Wildman–Crippen MR) is 189 cm³/mol. The number of anilines is 1. The number of aryl methyl sites for hydroxylation is 1. The van der Waals surface area contributed by atoms with Crippen molar-refractivity contribution >= 4 is 36.9 Å². The number of pyridine rings is 1. The van der Waals surface area contributed by atoms with Crippen LogP contribution in [0, 0.1) is 23.2 Å². The van der Waals surface area contributed by atoms with E-state index in [-0.39, 0.29) is 34.1 Å².